The normalized spacial score (nSPS) is 10.1. The maximum atomic E-state index is 12.0. The van der Waals surface area contributed by atoms with E-state index in [4.69, 9.17) is 9.47 Å². The van der Waals surface area contributed by atoms with Gasteiger partial charge in [0.2, 0.25) is 0 Å². The summed E-state index contributed by atoms with van der Waals surface area (Å²) in [4.78, 5) is 16.2. The van der Waals surface area contributed by atoms with E-state index in [1.807, 2.05) is 6.92 Å². The highest BCUT2D eigenvalue weighted by molar-refractivity contribution is 7.09. The number of hydrogen-bond acceptors (Lipinski definition) is 5. The second-order valence-electron chi connectivity index (χ2n) is 3.77. The van der Waals surface area contributed by atoms with Crippen molar-refractivity contribution in [2.75, 3.05) is 19.5 Å². The summed E-state index contributed by atoms with van der Waals surface area (Å²) in [5, 5.41) is 5.34. The molecule has 2 rings (SSSR count). The first kappa shape index (κ1) is 13.4. The third-order valence-corrected chi connectivity index (χ3v) is 3.28. The number of aromatic nitrogens is 1. The average molecular weight is 278 g/mol. The van der Waals surface area contributed by atoms with Crippen LogP contribution >= 0.6 is 11.3 Å². The summed E-state index contributed by atoms with van der Waals surface area (Å²) < 4.78 is 10.3. The Kier molecular flexibility index (Phi) is 4.01. The molecule has 0 saturated heterocycles. The largest absolute Gasteiger partial charge is 0.497 e. The number of rotatable bonds is 4. The molecule has 6 heteroatoms. The second kappa shape index (κ2) is 5.71. The monoisotopic (exact) mass is 278 g/mol. The molecule has 0 aliphatic carbocycles. The standard InChI is InChI=1S/C13H14N2O3S/c1-8-14-11(7-19-8)13(16)15-10-6-9(17-2)4-5-12(10)18-3/h4-7H,1-3H3,(H,15,16). The molecule has 19 heavy (non-hydrogen) atoms. The van der Waals surface area contributed by atoms with E-state index >= 15 is 0 Å². The fraction of sp³-hybridized carbons (Fsp3) is 0.231. The van der Waals surface area contributed by atoms with E-state index < -0.39 is 0 Å². The van der Waals surface area contributed by atoms with Crippen molar-refractivity contribution in [2.45, 2.75) is 6.92 Å². The van der Waals surface area contributed by atoms with Gasteiger partial charge >= 0.3 is 0 Å². The minimum Gasteiger partial charge on any atom is -0.497 e. The molecule has 0 bridgehead atoms. The zero-order chi connectivity index (χ0) is 13.8. The quantitative estimate of drug-likeness (QED) is 0.934. The Bertz CT molecular complexity index is 595. The lowest BCUT2D eigenvalue weighted by Crippen LogP contribution is -2.13. The van der Waals surface area contributed by atoms with Gasteiger partial charge < -0.3 is 14.8 Å². The fourth-order valence-electron chi connectivity index (χ4n) is 1.57. The number of ether oxygens (including phenoxy) is 2. The van der Waals surface area contributed by atoms with Crippen LogP contribution in [0.25, 0.3) is 0 Å². The van der Waals surface area contributed by atoms with Crippen molar-refractivity contribution in [1.29, 1.82) is 0 Å². The van der Waals surface area contributed by atoms with Crippen molar-refractivity contribution >= 4 is 22.9 Å². The molecule has 5 nitrogen and oxygen atoms in total. The number of carbonyl (C=O) groups excluding carboxylic acids is 1. The molecule has 100 valence electrons. The molecule has 0 unspecified atom stereocenters. The zero-order valence-electron chi connectivity index (χ0n) is 10.9. The van der Waals surface area contributed by atoms with Crippen molar-refractivity contribution in [3.63, 3.8) is 0 Å². The molecule has 0 radical (unpaired) electrons. The lowest BCUT2D eigenvalue weighted by Gasteiger charge is -2.10. The number of anilines is 1. The Balaban J connectivity index is 2.24. The predicted octanol–water partition coefficient (Wildman–Crippen LogP) is 2.72. The number of hydrogen-bond donors (Lipinski definition) is 1. The van der Waals surface area contributed by atoms with E-state index in [2.05, 4.69) is 10.3 Å². The highest BCUT2D eigenvalue weighted by Crippen LogP contribution is 2.29. The minimum atomic E-state index is -0.268. The molecule has 0 atom stereocenters. The van der Waals surface area contributed by atoms with Crippen LogP contribution in [0.15, 0.2) is 23.6 Å². The molecular formula is C13H14N2O3S. The Morgan fingerprint density at radius 2 is 2.11 bits per heavy atom. The van der Waals surface area contributed by atoms with E-state index in [9.17, 15) is 4.79 Å². The molecule has 1 aromatic carbocycles. The first-order chi connectivity index (χ1) is 9.13. The van der Waals surface area contributed by atoms with Crippen molar-refractivity contribution in [1.82, 2.24) is 4.98 Å². The molecular weight excluding hydrogens is 264 g/mol. The molecule has 1 heterocycles. The molecule has 0 spiro atoms. The number of benzene rings is 1. The first-order valence-electron chi connectivity index (χ1n) is 5.59. The highest BCUT2D eigenvalue weighted by Gasteiger charge is 2.13. The van der Waals surface area contributed by atoms with E-state index in [0.717, 1.165) is 5.01 Å². The van der Waals surface area contributed by atoms with E-state index in [1.165, 1.54) is 11.3 Å². The Morgan fingerprint density at radius 3 is 2.68 bits per heavy atom. The number of nitrogens with zero attached hydrogens (tertiary/aromatic N) is 1. The van der Waals surface area contributed by atoms with Gasteiger partial charge in [-0.05, 0) is 19.1 Å². The smallest absolute Gasteiger partial charge is 0.275 e. The van der Waals surface area contributed by atoms with Crippen molar-refractivity contribution in [3.05, 3.63) is 34.3 Å². The third-order valence-electron chi connectivity index (χ3n) is 2.51. The molecule has 0 fully saturated rings. The van der Waals surface area contributed by atoms with Gasteiger partial charge in [0.1, 0.15) is 17.2 Å². The molecule has 1 N–H and O–H groups in total. The van der Waals surface area contributed by atoms with Gasteiger partial charge in [-0.2, -0.15) is 0 Å². The SMILES string of the molecule is COc1ccc(OC)c(NC(=O)c2csc(C)n2)c1. The van der Waals surface area contributed by atoms with Gasteiger partial charge in [0.25, 0.3) is 5.91 Å². The maximum Gasteiger partial charge on any atom is 0.275 e. The first-order valence-corrected chi connectivity index (χ1v) is 6.47. The average Bonchev–Trinajstić information content (AvgIpc) is 2.85. The number of amides is 1. The van der Waals surface area contributed by atoms with E-state index in [1.54, 1.807) is 37.8 Å². The fourth-order valence-corrected chi connectivity index (χ4v) is 2.16. The van der Waals surface area contributed by atoms with Crippen LogP contribution in [0.5, 0.6) is 11.5 Å². The molecule has 0 aliphatic heterocycles. The summed E-state index contributed by atoms with van der Waals surface area (Å²) in [5.74, 6) is 0.947. The summed E-state index contributed by atoms with van der Waals surface area (Å²) in [6, 6.07) is 5.21. The van der Waals surface area contributed by atoms with Crippen molar-refractivity contribution < 1.29 is 14.3 Å². The van der Waals surface area contributed by atoms with Gasteiger partial charge in [-0.1, -0.05) is 0 Å². The molecule has 1 amide bonds. The Hall–Kier alpha value is -2.08. The van der Waals surface area contributed by atoms with Crippen LogP contribution in [-0.4, -0.2) is 25.1 Å². The van der Waals surface area contributed by atoms with Crippen LogP contribution in [0.1, 0.15) is 15.5 Å². The van der Waals surface area contributed by atoms with Crippen molar-refractivity contribution in [3.8, 4) is 11.5 Å². The highest BCUT2D eigenvalue weighted by atomic mass is 32.1. The number of thiazole rings is 1. The summed E-state index contributed by atoms with van der Waals surface area (Å²) in [6.45, 7) is 1.85. The summed E-state index contributed by atoms with van der Waals surface area (Å²) in [5.41, 5.74) is 0.949. The number of carbonyl (C=O) groups is 1. The van der Waals surface area contributed by atoms with Crippen LogP contribution < -0.4 is 14.8 Å². The van der Waals surface area contributed by atoms with Gasteiger partial charge in [0, 0.05) is 11.4 Å². The van der Waals surface area contributed by atoms with Crippen molar-refractivity contribution in [2.24, 2.45) is 0 Å². The van der Waals surface area contributed by atoms with E-state index in [0.29, 0.717) is 22.9 Å². The summed E-state index contributed by atoms with van der Waals surface area (Å²) in [6.07, 6.45) is 0. The Morgan fingerprint density at radius 1 is 1.32 bits per heavy atom. The summed E-state index contributed by atoms with van der Waals surface area (Å²) >= 11 is 1.43. The molecule has 0 saturated carbocycles. The van der Waals surface area contributed by atoms with Gasteiger partial charge in [-0.25, -0.2) is 4.98 Å². The lowest BCUT2D eigenvalue weighted by molar-refractivity contribution is 0.102. The number of aryl methyl sites for hydroxylation is 1. The Labute approximate surface area is 115 Å². The summed E-state index contributed by atoms with van der Waals surface area (Å²) in [7, 11) is 3.11. The van der Waals surface area contributed by atoms with Crippen LogP contribution in [0.2, 0.25) is 0 Å². The van der Waals surface area contributed by atoms with Gasteiger partial charge in [0.05, 0.1) is 24.9 Å². The minimum absolute atomic E-state index is 0.268. The third kappa shape index (κ3) is 3.03. The van der Waals surface area contributed by atoms with Crippen LogP contribution in [0, 0.1) is 6.92 Å². The van der Waals surface area contributed by atoms with Crippen LogP contribution in [-0.2, 0) is 0 Å². The van der Waals surface area contributed by atoms with Crippen LogP contribution in [0.4, 0.5) is 5.69 Å². The molecule has 0 aliphatic rings. The zero-order valence-corrected chi connectivity index (χ0v) is 11.7. The van der Waals surface area contributed by atoms with Gasteiger partial charge in [-0.3, -0.25) is 4.79 Å². The van der Waals surface area contributed by atoms with Gasteiger partial charge in [-0.15, -0.1) is 11.3 Å². The second-order valence-corrected chi connectivity index (χ2v) is 4.83. The molecule has 2 aromatic rings. The molecule has 1 aromatic heterocycles. The lowest BCUT2D eigenvalue weighted by atomic mass is 10.2. The van der Waals surface area contributed by atoms with Crippen LogP contribution in [0.3, 0.4) is 0 Å². The number of nitrogens with one attached hydrogen (secondary N) is 1. The maximum absolute atomic E-state index is 12.0. The number of methoxy groups -OCH3 is 2. The topological polar surface area (TPSA) is 60.5 Å². The predicted molar refractivity (Wildman–Crippen MR) is 74.4 cm³/mol. The van der Waals surface area contributed by atoms with Gasteiger partial charge in [0.15, 0.2) is 0 Å². The van der Waals surface area contributed by atoms with E-state index in [-0.39, 0.29) is 5.91 Å².